The highest BCUT2D eigenvalue weighted by Gasteiger charge is 2.33. The zero-order valence-electron chi connectivity index (χ0n) is 16.1. The number of sulfonamides is 1. The quantitative estimate of drug-likeness (QED) is 0.298. The Balaban J connectivity index is 1.96. The summed E-state index contributed by atoms with van der Waals surface area (Å²) in [5, 5.41) is 17.4. The van der Waals surface area contributed by atoms with Crippen molar-refractivity contribution in [1.29, 1.82) is 5.41 Å². The van der Waals surface area contributed by atoms with Gasteiger partial charge in [-0.1, -0.05) is 0 Å². The molecule has 1 heterocycles. The van der Waals surface area contributed by atoms with Gasteiger partial charge in [-0.2, -0.15) is 4.31 Å². The molecule has 0 aliphatic carbocycles. The third kappa shape index (κ3) is 5.48. The number of esters is 1. The van der Waals surface area contributed by atoms with Crippen LogP contribution in [-0.2, 0) is 24.3 Å². The Hall–Kier alpha value is -2.59. The normalized spacial score (nSPS) is 16.8. The van der Waals surface area contributed by atoms with Gasteiger partial charge < -0.3 is 15.3 Å². The Morgan fingerprint density at radius 2 is 1.76 bits per heavy atom. The van der Waals surface area contributed by atoms with Crippen molar-refractivity contribution in [3.8, 4) is 0 Å². The number of aliphatic hydroxyl groups is 1. The van der Waals surface area contributed by atoms with Crippen LogP contribution in [-0.4, -0.2) is 55.0 Å². The van der Waals surface area contributed by atoms with Gasteiger partial charge in [0.05, 0.1) is 16.4 Å². The van der Waals surface area contributed by atoms with Crippen LogP contribution in [0.15, 0.2) is 40.5 Å². The van der Waals surface area contributed by atoms with Crippen LogP contribution in [0.1, 0.15) is 26.7 Å². The van der Waals surface area contributed by atoms with Crippen molar-refractivity contribution in [3.05, 3.63) is 41.4 Å². The minimum absolute atomic E-state index is 0.0197. The third-order valence-electron chi connectivity index (χ3n) is 4.61. The summed E-state index contributed by atoms with van der Waals surface area (Å²) < 4.78 is 44.5. The molecule has 0 bridgehead atoms. The monoisotopic (exact) mass is 426 g/mol. The van der Waals surface area contributed by atoms with Crippen molar-refractivity contribution < 1.29 is 32.2 Å². The van der Waals surface area contributed by atoms with Gasteiger partial charge in [0.15, 0.2) is 5.78 Å². The van der Waals surface area contributed by atoms with Gasteiger partial charge in [0.2, 0.25) is 10.0 Å². The molecule has 0 saturated carbocycles. The van der Waals surface area contributed by atoms with Crippen LogP contribution < -0.4 is 0 Å². The molecular weight excluding hydrogens is 403 g/mol. The van der Waals surface area contributed by atoms with Crippen LogP contribution in [0.2, 0.25) is 0 Å². The Morgan fingerprint density at radius 3 is 2.24 bits per heavy atom. The molecule has 0 aromatic heterocycles. The molecule has 1 aromatic rings. The second-order valence-corrected chi connectivity index (χ2v) is 8.68. The maximum absolute atomic E-state index is 13.0. The van der Waals surface area contributed by atoms with E-state index in [1.54, 1.807) is 0 Å². The number of hydrogen-bond acceptors (Lipinski definition) is 7. The topological polar surface area (TPSA) is 125 Å². The first kappa shape index (κ1) is 22.7. The lowest BCUT2D eigenvalue weighted by Crippen LogP contribution is -2.40. The Morgan fingerprint density at radius 1 is 1.21 bits per heavy atom. The van der Waals surface area contributed by atoms with E-state index in [1.165, 1.54) is 30.3 Å². The van der Waals surface area contributed by atoms with Gasteiger partial charge in [-0.25, -0.2) is 12.8 Å². The number of carbonyl (C=O) groups excluding carboxylic acids is 2. The lowest BCUT2D eigenvalue weighted by Gasteiger charge is -2.30. The molecule has 0 spiro atoms. The van der Waals surface area contributed by atoms with Gasteiger partial charge in [0, 0.05) is 18.8 Å². The number of Topliss-reactive ketones (excluding diaryl/α,β-unsaturated/α-hetero) is 1. The summed E-state index contributed by atoms with van der Waals surface area (Å²) in [6, 6.07) is 4.53. The average molecular weight is 426 g/mol. The second kappa shape index (κ2) is 9.27. The largest absolute Gasteiger partial charge is 0.508 e. The molecule has 1 aliphatic heterocycles. The molecule has 29 heavy (non-hydrogen) atoms. The minimum Gasteiger partial charge on any atom is -0.508 e. The van der Waals surface area contributed by atoms with Crippen molar-refractivity contribution in [2.24, 2.45) is 5.92 Å². The van der Waals surface area contributed by atoms with Gasteiger partial charge in [-0.05, 0) is 51.0 Å². The summed E-state index contributed by atoms with van der Waals surface area (Å²) in [6.45, 7) is 2.20. The first-order valence-corrected chi connectivity index (χ1v) is 10.4. The predicted molar refractivity (Wildman–Crippen MR) is 103 cm³/mol. The molecule has 2 rings (SSSR count). The van der Waals surface area contributed by atoms with E-state index in [2.05, 4.69) is 0 Å². The van der Waals surface area contributed by atoms with E-state index in [4.69, 9.17) is 10.1 Å². The molecule has 0 atom stereocenters. The molecule has 1 aliphatic rings. The van der Waals surface area contributed by atoms with Crippen molar-refractivity contribution in [3.63, 3.8) is 0 Å². The second-order valence-electron chi connectivity index (χ2n) is 6.74. The molecule has 1 saturated heterocycles. The van der Waals surface area contributed by atoms with Crippen molar-refractivity contribution in [2.45, 2.75) is 31.6 Å². The minimum atomic E-state index is -3.78. The van der Waals surface area contributed by atoms with E-state index >= 15 is 0 Å². The van der Waals surface area contributed by atoms with Crippen LogP contribution in [0, 0.1) is 17.1 Å². The zero-order chi connectivity index (χ0) is 21.8. The number of ether oxygens (including phenoxy) is 1. The van der Waals surface area contributed by atoms with Crippen LogP contribution in [0.25, 0.3) is 0 Å². The average Bonchev–Trinajstić information content (AvgIpc) is 2.66. The Labute approximate surface area is 168 Å². The summed E-state index contributed by atoms with van der Waals surface area (Å²) in [4.78, 5) is 23.7. The maximum atomic E-state index is 13.0. The number of benzene rings is 1. The molecule has 0 unspecified atom stereocenters. The Kier molecular flexibility index (Phi) is 7.26. The van der Waals surface area contributed by atoms with Crippen LogP contribution >= 0.6 is 0 Å². The lowest BCUT2D eigenvalue weighted by molar-refractivity contribution is -0.149. The fraction of sp³-hybridized carbons (Fsp3) is 0.421. The lowest BCUT2D eigenvalue weighted by atomic mass is 9.98. The molecule has 8 nitrogen and oxygen atoms in total. The summed E-state index contributed by atoms with van der Waals surface area (Å²) in [7, 11) is -3.78. The number of hydrogen-bond donors (Lipinski definition) is 2. The fourth-order valence-corrected chi connectivity index (χ4v) is 4.57. The highest BCUT2D eigenvalue weighted by molar-refractivity contribution is 7.89. The van der Waals surface area contributed by atoms with Crippen molar-refractivity contribution in [1.82, 2.24) is 4.31 Å². The van der Waals surface area contributed by atoms with Gasteiger partial charge in [0.1, 0.15) is 18.2 Å². The first-order valence-electron chi connectivity index (χ1n) is 8.95. The van der Waals surface area contributed by atoms with E-state index in [1.807, 2.05) is 0 Å². The van der Waals surface area contributed by atoms with Gasteiger partial charge in [0.25, 0.3) is 0 Å². The van der Waals surface area contributed by atoms with E-state index < -0.39 is 45.9 Å². The van der Waals surface area contributed by atoms with E-state index in [-0.39, 0.29) is 42.1 Å². The SMILES string of the molecule is CC(=N)/C(C(C)=O)=C(/O)COC(=O)C1CCN(S(=O)(=O)c2ccc(F)cc2)CC1. The van der Waals surface area contributed by atoms with Crippen molar-refractivity contribution >= 4 is 27.5 Å². The third-order valence-corrected chi connectivity index (χ3v) is 6.52. The summed E-state index contributed by atoms with van der Waals surface area (Å²) in [5.41, 5.74) is -0.330. The number of carbonyl (C=O) groups is 2. The molecule has 0 amide bonds. The Bertz CT molecular complexity index is 916. The number of aliphatic hydroxyl groups excluding tert-OH is 1. The highest BCUT2D eigenvalue weighted by atomic mass is 32.2. The van der Waals surface area contributed by atoms with Gasteiger partial charge >= 0.3 is 5.97 Å². The van der Waals surface area contributed by atoms with Crippen LogP contribution in [0.3, 0.4) is 0 Å². The maximum Gasteiger partial charge on any atom is 0.309 e. The molecule has 1 aromatic carbocycles. The zero-order valence-corrected chi connectivity index (χ0v) is 17.0. The summed E-state index contributed by atoms with van der Waals surface area (Å²) >= 11 is 0. The number of allylic oxidation sites excluding steroid dienone is 1. The highest BCUT2D eigenvalue weighted by Crippen LogP contribution is 2.25. The molecule has 2 N–H and O–H groups in total. The van der Waals surface area contributed by atoms with E-state index in [0.717, 1.165) is 12.1 Å². The molecule has 158 valence electrons. The first-order chi connectivity index (χ1) is 13.5. The van der Waals surface area contributed by atoms with Gasteiger partial charge in [-0.3, -0.25) is 9.59 Å². The van der Waals surface area contributed by atoms with E-state index in [0.29, 0.717) is 0 Å². The fourth-order valence-electron chi connectivity index (χ4n) is 3.10. The summed E-state index contributed by atoms with van der Waals surface area (Å²) in [6.07, 6.45) is 0.458. The van der Waals surface area contributed by atoms with Crippen LogP contribution in [0.5, 0.6) is 0 Å². The number of rotatable bonds is 7. The van der Waals surface area contributed by atoms with E-state index in [9.17, 15) is 27.5 Å². The number of ketones is 1. The number of nitrogens with one attached hydrogen (secondary N) is 1. The number of nitrogens with zero attached hydrogens (tertiary/aromatic N) is 1. The molecular formula is C19H23FN2O6S. The number of halogens is 1. The number of piperidine rings is 1. The van der Waals surface area contributed by atoms with Gasteiger partial charge in [-0.15, -0.1) is 0 Å². The van der Waals surface area contributed by atoms with Crippen LogP contribution in [0.4, 0.5) is 4.39 Å². The standard InChI is InChI=1S/C19H23FN2O6S/c1-12(21)18(13(2)23)17(24)11-28-19(25)14-7-9-22(10-8-14)29(26,27)16-5-3-15(20)4-6-16/h3-6,14,21,24H,7-11H2,1-2H3/b18-17-,21-12?. The molecule has 1 fully saturated rings. The predicted octanol–water partition coefficient (Wildman–Crippen LogP) is 2.21. The molecule has 0 radical (unpaired) electrons. The van der Waals surface area contributed by atoms with Crippen molar-refractivity contribution in [2.75, 3.05) is 19.7 Å². The smallest absolute Gasteiger partial charge is 0.309 e. The summed E-state index contributed by atoms with van der Waals surface area (Å²) in [5.74, 6) is -2.70. The molecule has 10 heteroatoms.